The molecule has 0 fully saturated rings. The fraction of sp³-hybridized carbons (Fsp3) is 0.529. The van der Waals surface area contributed by atoms with Crippen LogP contribution in [0.4, 0.5) is 0 Å². The van der Waals surface area contributed by atoms with Gasteiger partial charge >= 0.3 is 5.97 Å². The van der Waals surface area contributed by atoms with Gasteiger partial charge < -0.3 is 9.64 Å². The quantitative estimate of drug-likeness (QED) is 0.628. The summed E-state index contributed by atoms with van der Waals surface area (Å²) < 4.78 is 27.1. The van der Waals surface area contributed by atoms with Crippen LogP contribution in [0.3, 0.4) is 0 Å². The van der Waals surface area contributed by atoms with Crippen molar-refractivity contribution in [2.45, 2.75) is 43.9 Å². The zero-order chi connectivity index (χ0) is 18.9. The second kappa shape index (κ2) is 10.1. The van der Waals surface area contributed by atoms with Crippen LogP contribution in [0, 0.1) is 0 Å². The van der Waals surface area contributed by atoms with Gasteiger partial charge in [-0.05, 0) is 30.5 Å². The molecule has 0 aliphatic carbocycles. The highest BCUT2D eigenvalue weighted by Gasteiger charge is 2.15. The Balaban J connectivity index is 2.69. The summed E-state index contributed by atoms with van der Waals surface area (Å²) in [5.74, 6) is -0.349. The predicted octanol–water partition coefficient (Wildman–Crippen LogP) is 1.46. The van der Waals surface area contributed by atoms with E-state index in [1.807, 2.05) is 6.92 Å². The van der Waals surface area contributed by atoms with Crippen LogP contribution in [0.15, 0.2) is 29.2 Å². The molecule has 1 amide bonds. The van der Waals surface area contributed by atoms with Crippen LogP contribution in [-0.4, -0.2) is 45.4 Å². The van der Waals surface area contributed by atoms with E-state index in [4.69, 9.17) is 5.14 Å². The molecule has 0 heterocycles. The topological polar surface area (TPSA) is 107 Å². The third-order valence-electron chi connectivity index (χ3n) is 3.83. The Morgan fingerprint density at radius 2 is 1.76 bits per heavy atom. The second-order valence-corrected chi connectivity index (χ2v) is 7.31. The standard InChI is InChI=1S/C17H26N2O5S/c1-3-4-5-16(20)19(13-11-17(21)24-2)12-10-14-6-8-15(9-7-14)25(18,22)23/h6-9H,3-5,10-13H2,1-2H3,(H2,18,22,23). The minimum atomic E-state index is -3.71. The molecule has 0 saturated carbocycles. The van der Waals surface area contributed by atoms with Crippen molar-refractivity contribution in [2.75, 3.05) is 20.2 Å². The van der Waals surface area contributed by atoms with Gasteiger partial charge in [0, 0.05) is 19.5 Å². The predicted molar refractivity (Wildman–Crippen MR) is 94.3 cm³/mol. The van der Waals surface area contributed by atoms with Gasteiger partial charge in [0.15, 0.2) is 0 Å². The molecule has 25 heavy (non-hydrogen) atoms. The van der Waals surface area contributed by atoms with E-state index in [1.165, 1.54) is 19.2 Å². The first-order chi connectivity index (χ1) is 11.8. The number of benzene rings is 1. The Labute approximate surface area is 149 Å². The van der Waals surface area contributed by atoms with Crippen molar-refractivity contribution < 1.29 is 22.7 Å². The summed E-state index contributed by atoms with van der Waals surface area (Å²) in [7, 11) is -2.39. The minimum Gasteiger partial charge on any atom is -0.469 e. The number of hydrogen-bond acceptors (Lipinski definition) is 5. The molecule has 0 spiro atoms. The zero-order valence-corrected chi connectivity index (χ0v) is 15.5. The van der Waals surface area contributed by atoms with E-state index in [-0.39, 0.29) is 23.2 Å². The van der Waals surface area contributed by atoms with Gasteiger partial charge in [-0.3, -0.25) is 9.59 Å². The van der Waals surface area contributed by atoms with Crippen LogP contribution in [0.1, 0.15) is 38.2 Å². The lowest BCUT2D eigenvalue weighted by Crippen LogP contribution is -2.34. The first-order valence-corrected chi connectivity index (χ1v) is 9.79. The molecule has 0 aliphatic heterocycles. The van der Waals surface area contributed by atoms with Crippen molar-refractivity contribution in [1.82, 2.24) is 4.90 Å². The fourth-order valence-corrected chi connectivity index (χ4v) is 2.80. The van der Waals surface area contributed by atoms with Crippen molar-refractivity contribution in [3.05, 3.63) is 29.8 Å². The summed E-state index contributed by atoms with van der Waals surface area (Å²) in [5.41, 5.74) is 0.888. The number of nitrogens with two attached hydrogens (primary N) is 1. The van der Waals surface area contributed by atoms with E-state index in [9.17, 15) is 18.0 Å². The van der Waals surface area contributed by atoms with E-state index in [2.05, 4.69) is 4.74 Å². The van der Waals surface area contributed by atoms with E-state index in [0.29, 0.717) is 25.9 Å². The number of ether oxygens (including phenoxy) is 1. The smallest absolute Gasteiger partial charge is 0.307 e. The summed E-state index contributed by atoms with van der Waals surface area (Å²) in [6.45, 7) is 2.78. The second-order valence-electron chi connectivity index (χ2n) is 5.75. The van der Waals surface area contributed by atoms with Gasteiger partial charge in [0.25, 0.3) is 0 Å². The fourth-order valence-electron chi connectivity index (χ4n) is 2.29. The molecule has 0 bridgehead atoms. The number of primary sulfonamides is 1. The number of hydrogen-bond donors (Lipinski definition) is 1. The van der Waals surface area contributed by atoms with E-state index >= 15 is 0 Å². The average Bonchev–Trinajstić information content (AvgIpc) is 2.58. The van der Waals surface area contributed by atoms with Crippen molar-refractivity contribution in [3.63, 3.8) is 0 Å². The molecule has 0 radical (unpaired) electrons. The number of carbonyl (C=O) groups excluding carboxylic acids is 2. The molecule has 0 aliphatic rings. The van der Waals surface area contributed by atoms with Crippen molar-refractivity contribution in [2.24, 2.45) is 5.14 Å². The highest BCUT2D eigenvalue weighted by Crippen LogP contribution is 2.11. The molecule has 140 valence electrons. The maximum absolute atomic E-state index is 12.3. The Hall–Kier alpha value is -1.93. The molecule has 1 aromatic rings. The number of rotatable bonds is 10. The number of carbonyl (C=O) groups is 2. The molecule has 0 aromatic heterocycles. The lowest BCUT2D eigenvalue weighted by Gasteiger charge is -2.22. The molecule has 0 unspecified atom stereocenters. The van der Waals surface area contributed by atoms with Gasteiger partial charge in [-0.15, -0.1) is 0 Å². The molecule has 2 N–H and O–H groups in total. The summed E-state index contributed by atoms with van der Waals surface area (Å²) in [4.78, 5) is 25.3. The van der Waals surface area contributed by atoms with Gasteiger partial charge in [-0.25, -0.2) is 13.6 Å². The normalized spacial score (nSPS) is 11.2. The molecule has 1 rings (SSSR count). The summed E-state index contributed by atoms with van der Waals surface area (Å²) >= 11 is 0. The first-order valence-electron chi connectivity index (χ1n) is 8.24. The summed E-state index contributed by atoms with van der Waals surface area (Å²) in [6.07, 6.45) is 2.88. The Bertz CT molecular complexity index is 671. The van der Waals surface area contributed by atoms with Crippen LogP contribution in [0.25, 0.3) is 0 Å². The van der Waals surface area contributed by atoms with E-state index in [1.54, 1.807) is 17.0 Å². The van der Waals surface area contributed by atoms with Crippen molar-refractivity contribution >= 4 is 21.9 Å². The Morgan fingerprint density at radius 1 is 1.12 bits per heavy atom. The van der Waals surface area contributed by atoms with Crippen LogP contribution in [0.2, 0.25) is 0 Å². The number of amides is 1. The van der Waals surface area contributed by atoms with E-state index < -0.39 is 10.0 Å². The third-order valence-corrected chi connectivity index (χ3v) is 4.76. The Morgan fingerprint density at radius 3 is 2.28 bits per heavy atom. The van der Waals surface area contributed by atoms with Crippen LogP contribution >= 0.6 is 0 Å². The first kappa shape index (κ1) is 21.1. The monoisotopic (exact) mass is 370 g/mol. The SMILES string of the molecule is CCCCC(=O)N(CCC(=O)OC)CCc1ccc(S(N)(=O)=O)cc1. The van der Waals surface area contributed by atoms with Crippen LogP contribution in [-0.2, 0) is 30.8 Å². The van der Waals surface area contributed by atoms with Gasteiger partial charge in [-0.2, -0.15) is 0 Å². The molecule has 1 aromatic carbocycles. The summed E-state index contributed by atoms with van der Waals surface area (Å²) in [5, 5.41) is 5.07. The molecular weight excluding hydrogens is 344 g/mol. The molecule has 0 atom stereocenters. The Kier molecular flexibility index (Phi) is 8.57. The molecule has 8 heteroatoms. The minimum absolute atomic E-state index is 0.00640. The van der Waals surface area contributed by atoms with Crippen molar-refractivity contribution in [3.8, 4) is 0 Å². The van der Waals surface area contributed by atoms with Crippen molar-refractivity contribution in [1.29, 1.82) is 0 Å². The largest absolute Gasteiger partial charge is 0.469 e. The van der Waals surface area contributed by atoms with E-state index in [0.717, 1.165) is 18.4 Å². The highest BCUT2D eigenvalue weighted by atomic mass is 32.2. The number of unbranched alkanes of at least 4 members (excludes halogenated alkanes) is 1. The number of methoxy groups -OCH3 is 1. The lowest BCUT2D eigenvalue weighted by molar-refractivity contribution is -0.141. The lowest BCUT2D eigenvalue weighted by atomic mass is 10.1. The maximum atomic E-state index is 12.3. The molecule has 7 nitrogen and oxygen atoms in total. The van der Waals surface area contributed by atoms with Gasteiger partial charge in [0.1, 0.15) is 0 Å². The third kappa shape index (κ3) is 7.66. The zero-order valence-electron chi connectivity index (χ0n) is 14.7. The van der Waals surface area contributed by atoms with Crippen LogP contribution < -0.4 is 5.14 Å². The highest BCUT2D eigenvalue weighted by molar-refractivity contribution is 7.89. The van der Waals surface area contributed by atoms with Gasteiger partial charge in [-0.1, -0.05) is 25.5 Å². The summed E-state index contributed by atoms with van der Waals surface area (Å²) in [6, 6.07) is 6.24. The number of nitrogens with zero attached hydrogens (tertiary/aromatic N) is 1. The van der Waals surface area contributed by atoms with Gasteiger partial charge in [0.05, 0.1) is 18.4 Å². The van der Waals surface area contributed by atoms with Gasteiger partial charge in [0.2, 0.25) is 15.9 Å². The number of esters is 1. The van der Waals surface area contributed by atoms with Crippen LogP contribution in [0.5, 0.6) is 0 Å². The maximum Gasteiger partial charge on any atom is 0.307 e. The molecule has 0 saturated heterocycles. The molecular formula is C17H26N2O5S. The number of sulfonamides is 1. The average molecular weight is 370 g/mol.